The molecule has 8 heteroatoms. The number of nitrogens with zero attached hydrogens (tertiary/aromatic N) is 4. The van der Waals surface area contributed by atoms with Crippen LogP contribution in [0.4, 0.5) is 5.82 Å². The van der Waals surface area contributed by atoms with Crippen molar-refractivity contribution < 1.29 is 5.11 Å². The Kier molecular flexibility index (Phi) is 3.54. The molecule has 2 aromatic heterocycles. The average Bonchev–Trinajstić information content (AvgIpc) is 2.67. The Labute approximate surface area is 110 Å². The molecule has 0 radical (unpaired) electrons. The van der Waals surface area contributed by atoms with Crippen LogP contribution in [0.3, 0.4) is 0 Å². The SMILES string of the molecule is CN(C)CC(C)(O)CNc1cc2n[nH]c(=O)n2cn1. The van der Waals surface area contributed by atoms with E-state index in [4.69, 9.17) is 0 Å². The Morgan fingerprint density at radius 2 is 2.32 bits per heavy atom. The lowest BCUT2D eigenvalue weighted by Gasteiger charge is -2.27. The van der Waals surface area contributed by atoms with Crippen LogP contribution < -0.4 is 11.0 Å². The summed E-state index contributed by atoms with van der Waals surface area (Å²) in [5.74, 6) is 0.561. The smallest absolute Gasteiger partial charge is 0.348 e. The van der Waals surface area contributed by atoms with Crippen molar-refractivity contribution in [3.05, 3.63) is 22.9 Å². The van der Waals surface area contributed by atoms with Crippen molar-refractivity contribution in [2.24, 2.45) is 0 Å². The van der Waals surface area contributed by atoms with Gasteiger partial charge >= 0.3 is 5.69 Å². The van der Waals surface area contributed by atoms with Crippen molar-refractivity contribution in [1.29, 1.82) is 0 Å². The standard InChI is InChI=1S/C11H18N6O2/c1-11(19,6-16(2)3)5-12-8-4-9-14-15-10(18)17(9)7-13-8/h4,7,12,19H,5-6H2,1-3H3,(H,15,18). The van der Waals surface area contributed by atoms with E-state index >= 15 is 0 Å². The molecule has 2 aromatic rings. The van der Waals surface area contributed by atoms with Crippen molar-refractivity contribution in [1.82, 2.24) is 24.5 Å². The number of nitrogens with one attached hydrogen (secondary N) is 2. The molecule has 2 heterocycles. The number of hydrogen-bond acceptors (Lipinski definition) is 6. The molecule has 3 N–H and O–H groups in total. The molecule has 0 spiro atoms. The van der Waals surface area contributed by atoms with Gasteiger partial charge in [0.15, 0.2) is 5.65 Å². The third-order valence-corrected chi connectivity index (χ3v) is 2.62. The summed E-state index contributed by atoms with van der Waals surface area (Å²) >= 11 is 0. The highest BCUT2D eigenvalue weighted by Gasteiger charge is 2.21. The molecule has 19 heavy (non-hydrogen) atoms. The number of aromatic nitrogens is 4. The van der Waals surface area contributed by atoms with Gasteiger partial charge in [-0.15, -0.1) is 0 Å². The minimum absolute atomic E-state index is 0.325. The van der Waals surface area contributed by atoms with Crippen LogP contribution in [-0.4, -0.2) is 62.4 Å². The topological polar surface area (TPSA) is 98.5 Å². The zero-order valence-corrected chi connectivity index (χ0v) is 11.2. The molecule has 8 nitrogen and oxygen atoms in total. The Bertz CT molecular complexity index is 615. The van der Waals surface area contributed by atoms with Gasteiger partial charge in [-0.1, -0.05) is 0 Å². The molecule has 0 saturated heterocycles. The van der Waals surface area contributed by atoms with E-state index in [2.05, 4.69) is 20.5 Å². The molecule has 1 atom stereocenters. The van der Waals surface area contributed by atoms with Gasteiger partial charge in [0, 0.05) is 19.2 Å². The first-order chi connectivity index (χ1) is 8.87. The minimum atomic E-state index is -0.872. The summed E-state index contributed by atoms with van der Waals surface area (Å²) < 4.78 is 1.31. The number of aromatic amines is 1. The Hall–Kier alpha value is -1.93. The second kappa shape index (κ2) is 4.98. The summed E-state index contributed by atoms with van der Waals surface area (Å²) in [7, 11) is 3.80. The van der Waals surface area contributed by atoms with Crippen molar-refractivity contribution in [2.45, 2.75) is 12.5 Å². The Balaban J connectivity index is 2.07. The third kappa shape index (κ3) is 3.30. The van der Waals surface area contributed by atoms with Gasteiger partial charge in [0.2, 0.25) is 0 Å². The largest absolute Gasteiger partial charge is 0.387 e. The lowest BCUT2D eigenvalue weighted by atomic mass is 10.1. The summed E-state index contributed by atoms with van der Waals surface area (Å²) in [6.07, 6.45) is 1.39. The van der Waals surface area contributed by atoms with Crippen LogP contribution in [0.1, 0.15) is 6.92 Å². The first kappa shape index (κ1) is 13.5. The molecular weight excluding hydrogens is 248 g/mol. The number of rotatable bonds is 5. The summed E-state index contributed by atoms with van der Waals surface area (Å²) in [5, 5.41) is 19.4. The van der Waals surface area contributed by atoms with E-state index in [-0.39, 0.29) is 5.69 Å². The molecule has 0 bridgehead atoms. The van der Waals surface area contributed by atoms with Crippen LogP contribution in [0.2, 0.25) is 0 Å². The number of fused-ring (bicyclic) bond motifs is 1. The van der Waals surface area contributed by atoms with E-state index in [0.717, 1.165) is 0 Å². The zero-order valence-electron chi connectivity index (χ0n) is 11.2. The second-order valence-electron chi connectivity index (χ2n) is 5.12. The van der Waals surface area contributed by atoms with Crippen LogP contribution >= 0.6 is 0 Å². The van der Waals surface area contributed by atoms with Crippen LogP contribution in [-0.2, 0) is 0 Å². The quantitative estimate of drug-likeness (QED) is 0.651. The summed E-state index contributed by atoms with van der Waals surface area (Å²) in [6.45, 7) is 2.63. The van der Waals surface area contributed by atoms with Crippen LogP contribution in [0, 0.1) is 0 Å². The molecule has 2 rings (SSSR count). The van der Waals surface area contributed by atoms with Gasteiger partial charge in [-0.25, -0.2) is 19.3 Å². The van der Waals surface area contributed by atoms with Gasteiger partial charge in [0.1, 0.15) is 12.1 Å². The monoisotopic (exact) mass is 266 g/mol. The van der Waals surface area contributed by atoms with Crippen LogP contribution in [0.5, 0.6) is 0 Å². The second-order valence-corrected chi connectivity index (χ2v) is 5.12. The van der Waals surface area contributed by atoms with E-state index in [1.165, 1.54) is 10.7 Å². The van der Waals surface area contributed by atoms with Gasteiger partial charge in [0.25, 0.3) is 0 Å². The van der Waals surface area contributed by atoms with Gasteiger partial charge in [-0.2, -0.15) is 5.10 Å². The predicted octanol–water partition coefficient (Wildman–Crippen LogP) is -0.858. The van der Waals surface area contributed by atoms with Gasteiger partial charge in [-0.05, 0) is 21.0 Å². The van der Waals surface area contributed by atoms with E-state index in [1.807, 2.05) is 19.0 Å². The van der Waals surface area contributed by atoms with Gasteiger partial charge in [-0.3, -0.25) is 0 Å². The first-order valence-electron chi connectivity index (χ1n) is 5.91. The average molecular weight is 266 g/mol. The number of aliphatic hydroxyl groups is 1. The predicted molar refractivity (Wildman–Crippen MR) is 71.3 cm³/mol. The molecule has 0 fully saturated rings. The lowest BCUT2D eigenvalue weighted by Crippen LogP contribution is -2.43. The number of H-pyrrole nitrogens is 1. The maximum absolute atomic E-state index is 11.3. The molecule has 104 valence electrons. The third-order valence-electron chi connectivity index (χ3n) is 2.62. The van der Waals surface area contributed by atoms with Crippen molar-refractivity contribution in [3.63, 3.8) is 0 Å². The highest BCUT2D eigenvalue weighted by Crippen LogP contribution is 2.09. The maximum atomic E-state index is 11.3. The number of anilines is 1. The molecule has 0 aromatic carbocycles. The zero-order chi connectivity index (χ0) is 14.0. The molecule has 0 saturated carbocycles. The van der Waals surface area contributed by atoms with Crippen molar-refractivity contribution >= 4 is 11.5 Å². The van der Waals surface area contributed by atoms with E-state index in [1.54, 1.807) is 13.0 Å². The summed E-state index contributed by atoms with van der Waals surface area (Å²) in [5.41, 5.74) is -0.717. The van der Waals surface area contributed by atoms with E-state index < -0.39 is 5.60 Å². The van der Waals surface area contributed by atoms with Gasteiger partial charge in [0.05, 0.1) is 5.60 Å². The summed E-state index contributed by atoms with van der Waals surface area (Å²) in [4.78, 5) is 17.3. The van der Waals surface area contributed by atoms with Crippen molar-refractivity contribution in [3.8, 4) is 0 Å². The fraction of sp³-hybridized carbons (Fsp3) is 0.545. The van der Waals surface area contributed by atoms with Crippen LogP contribution in [0.15, 0.2) is 17.2 Å². The molecule has 1 unspecified atom stereocenters. The molecule has 0 aliphatic rings. The number of hydrogen-bond donors (Lipinski definition) is 3. The Morgan fingerprint density at radius 3 is 3.00 bits per heavy atom. The van der Waals surface area contributed by atoms with Gasteiger partial charge < -0.3 is 15.3 Å². The van der Waals surface area contributed by atoms with E-state index in [0.29, 0.717) is 24.6 Å². The normalized spacial score (nSPS) is 14.8. The molecule has 0 amide bonds. The number of likely N-dealkylation sites (N-methyl/N-ethyl adjacent to an activating group) is 1. The maximum Gasteiger partial charge on any atom is 0.348 e. The fourth-order valence-electron chi connectivity index (χ4n) is 1.92. The summed E-state index contributed by atoms with van der Waals surface area (Å²) in [6, 6.07) is 1.64. The van der Waals surface area contributed by atoms with Crippen molar-refractivity contribution in [2.75, 3.05) is 32.5 Å². The highest BCUT2D eigenvalue weighted by molar-refractivity contribution is 5.48. The molecular formula is C11H18N6O2. The van der Waals surface area contributed by atoms with E-state index in [9.17, 15) is 9.90 Å². The molecule has 0 aliphatic carbocycles. The first-order valence-corrected chi connectivity index (χ1v) is 5.91. The Morgan fingerprint density at radius 1 is 1.58 bits per heavy atom. The fourth-order valence-corrected chi connectivity index (χ4v) is 1.92. The lowest BCUT2D eigenvalue weighted by molar-refractivity contribution is 0.0459. The highest BCUT2D eigenvalue weighted by atomic mass is 16.3. The molecule has 0 aliphatic heterocycles. The van der Waals surface area contributed by atoms with Crippen LogP contribution in [0.25, 0.3) is 5.65 Å². The minimum Gasteiger partial charge on any atom is -0.387 e.